The van der Waals surface area contributed by atoms with Gasteiger partial charge < -0.3 is 20.6 Å². The largest absolute Gasteiger partial charge is 0.341 e. The van der Waals surface area contributed by atoms with Crippen molar-refractivity contribution in [3.63, 3.8) is 0 Å². The molecule has 38 heavy (non-hydrogen) atoms. The second-order valence-electron chi connectivity index (χ2n) is 9.90. The Kier molecular flexibility index (Phi) is 7.09. The highest BCUT2D eigenvalue weighted by Crippen LogP contribution is 2.35. The zero-order chi connectivity index (χ0) is 25.7. The normalized spacial score (nSPS) is 18.6. The van der Waals surface area contributed by atoms with Gasteiger partial charge in [-0.15, -0.1) is 0 Å². The third-order valence-electron chi connectivity index (χ3n) is 7.45. The minimum Gasteiger partial charge on any atom is -0.341 e. The van der Waals surface area contributed by atoms with Crippen molar-refractivity contribution in [2.45, 2.75) is 51.1 Å². The average molecular weight is 501 g/mol. The van der Waals surface area contributed by atoms with Crippen molar-refractivity contribution in [3.8, 4) is 46.1 Å². The summed E-state index contributed by atoms with van der Waals surface area (Å²) in [4.78, 5) is 16.1. The van der Waals surface area contributed by atoms with Gasteiger partial charge in [-0.1, -0.05) is 49.2 Å². The first-order valence-corrected chi connectivity index (χ1v) is 13.6. The van der Waals surface area contributed by atoms with Crippen molar-refractivity contribution < 1.29 is 0 Å². The Morgan fingerprint density at radius 1 is 0.816 bits per heavy atom. The van der Waals surface area contributed by atoms with Crippen molar-refractivity contribution >= 4 is 0 Å². The SMILES string of the molecule is CCc1c(-c2cnc(C3CCCN3)[nH]2)ccc(C#CC#Cc2cnc(C3CCCN3)[nH]2)c1-c1ccccc1. The average Bonchev–Trinajstić information content (AvgIpc) is 3.77. The smallest absolute Gasteiger partial charge is 0.124 e. The Balaban J connectivity index is 1.34. The van der Waals surface area contributed by atoms with Crippen LogP contribution in [0.5, 0.6) is 0 Å². The molecule has 0 aliphatic carbocycles. The van der Waals surface area contributed by atoms with Crippen LogP contribution in [0.4, 0.5) is 0 Å². The number of aromatic nitrogens is 4. The van der Waals surface area contributed by atoms with Gasteiger partial charge in [0.15, 0.2) is 0 Å². The molecule has 0 radical (unpaired) electrons. The fraction of sp³-hybridized carbons (Fsp3) is 0.312. The lowest BCUT2D eigenvalue weighted by Gasteiger charge is -2.15. The number of hydrogen-bond donors (Lipinski definition) is 4. The Morgan fingerprint density at radius 2 is 1.53 bits per heavy atom. The number of hydrogen-bond acceptors (Lipinski definition) is 4. The monoisotopic (exact) mass is 500 g/mol. The number of nitrogens with zero attached hydrogens (tertiary/aromatic N) is 2. The predicted molar refractivity (Wildman–Crippen MR) is 151 cm³/mol. The van der Waals surface area contributed by atoms with E-state index in [1.54, 1.807) is 6.20 Å². The number of benzene rings is 2. The van der Waals surface area contributed by atoms with Crippen LogP contribution in [0.3, 0.4) is 0 Å². The van der Waals surface area contributed by atoms with Crippen LogP contribution < -0.4 is 10.6 Å². The van der Waals surface area contributed by atoms with Crippen molar-refractivity contribution in [1.82, 2.24) is 30.6 Å². The van der Waals surface area contributed by atoms with Gasteiger partial charge in [-0.25, -0.2) is 9.97 Å². The van der Waals surface area contributed by atoms with Gasteiger partial charge in [0.1, 0.15) is 17.3 Å². The van der Waals surface area contributed by atoms with E-state index in [2.05, 4.69) is 92.6 Å². The van der Waals surface area contributed by atoms with E-state index in [1.807, 2.05) is 12.3 Å². The Labute approximate surface area is 224 Å². The van der Waals surface area contributed by atoms with Gasteiger partial charge in [0.05, 0.1) is 30.2 Å². The fourth-order valence-electron chi connectivity index (χ4n) is 5.57. The standard InChI is InChI=1S/C32H32N6/c1-2-25-26(29-21-36-32(38-29)28-15-9-19-34-28)17-16-23(30(25)22-10-4-3-5-11-22)12-6-7-13-24-20-35-31(37-24)27-14-8-18-33-27/h3-5,10-11,16-17,20-21,27-28,33-34H,2,8-9,14-15,18-19H2,1H3,(H,35,37)(H,36,38). The van der Waals surface area contributed by atoms with E-state index in [9.17, 15) is 0 Å². The molecule has 0 bridgehead atoms. The van der Waals surface area contributed by atoms with Gasteiger partial charge in [-0.3, -0.25) is 0 Å². The molecule has 4 N–H and O–H groups in total. The molecule has 0 amide bonds. The summed E-state index contributed by atoms with van der Waals surface area (Å²) < 4.78 is 0. The van der Waals surface area contributed by atoms with E-state index in [-0.39, 0.29) is 0 Å². The maximum absolute atomic E-state index is 4.71. The van der Waals surface area contributed by atoms with Crippen molar-refractivity contribution in [3.05, 3.63) is 83.3 Å². The highest BCUT2D eigenvalue weighted by Gasteiger charge is 2.21. The molecule has 2 atom stereocenters. The van der Waals surface area contributed by atoms with E-state index < -0.39 is 0 Å². The summed E-state index contributed by atoms with van der Waals surface area (Å²) in [6.45, 7) is 4.29. The first-order valence-electron chi connectivity index (χ1n) is 13.6. The molecular formula is C32H32N6. The van der Waals surface area contributed by atoms with E-state index in [1.165, 1.54) is 24.0 Å². The molecule has 6 heteroatoms. The predicted octanol–water partition coefficient (Wildman–Crippen LogP) is 5.28. The number of nitrogens with one attached hydrogen (secondary N) is 4. The summed E-state index contributed by atoms with van der Waals surface area (Å²) in [5, 5.41) is 6.99. The molecular weight excluding hydrogens is 468 g/mol. The molecule has 2 aliphatic rings. The van der Waals surface area contributed by atoms with Crippen LogP contribution in [0, 0.1) is 23.7 Å². The molecule has 2 aromatic carbocycles. The maximum atomic E-state index is 4.71. The maximum Gasteiger partial charge on any atom is 0.124 e. The molecule has 190 valence electrons. The lowest BCUT2D eigenvalue weighted by atomic mass is 9.88. The summed E-state index contributed by atoms with van der Waals surface area (Å²) in [7, 11) is 0. The summed E-state index contributed by atoms with van der Waals surface area (Å²) in [5.41, 5.74) is 7.56. The van der Waals surface area contributed by atoms with E-state index in [4.69, 9.17) is 4.98 Å². The molecule has 2 unspecified atom stereocenters. The Bertz CT molecular complexity index is 1530. The summed E-state index contributed by atoms with van der Waals surface area (Å²) in [6, 6.07) is 15.4. The van der Waals surface area contributed by atoms with Crippen LogP contribution in [-0.4, -0.2) is 33.0 Å². The number of aromatic amines is 2. The molecule has 2 saturated heterocycles. The second kappa shape index (κ2) is 11.1. The molecule has 2 aromatic heterocycles. The zero-order valence-electron chi connectivity index (χ0n) is 21.7. The van der Waals surface area contributed by atoms with Gasteiger partial charge in [0.25, 0.3) is 0 Å². The topological polar surface area (TPSA) is 81.4 Å². The van der Waals surface area contributed by atoms with Crippen LogP contribution in [0.1, 0.15) is 73.2 Å². The summed E-state index contributed by atoms with van der Waals surface area (Å²) in [6.07, 6.45) is 9.24. The van der Waals surface area contributed by atoms with E-state index in [0.717, 1.165) is 72.1 Å². The Hall–Kier alpha value is -4.10. The summed E-state index contributed by atoms with van der Waals surface area (Å²) >= 11 is 0. The molecule has 4 heterocycles. The minimum absolute atomic E-state index is 0.302. The molecule has 0 saturated carbocycles. The van der Waals surface area contributed by atoms with Crippen LogP contribution in [0.2, 0.25) is 0 Å². The van der Waals surface area contributed by atoms with Crippen LogP contribution in [-0.2, 0) is 6.42 Å². The van der Waals surface area contributed by atoms with Crippen molar-refractivity contribution in [1.29, 1.82) is 0 Å². The molecule has 0 spiro atoms. The highest BCUT2D eigenvalue weighted by molar-refractivity contribution is 5.82. The quantitative estimate of drug-likeness (QED) is 0.281. The zero-order valence-corrected chi connectivity index (χ0v) is 21.7. The van der Waals surface area contributed by atoms with Crippen LogP contribution >= 0.6 is 0 Å². The number of imidazole rings is 2. The molecule has 6 rings (SSSR count). The third-order valence-corrected chi connectivity index (χ3v) is 7.45. The van der Waals surface area contributed by atoms with Crippen LogP contribution in [0.25, 0.3) is 22.4 Å². The van der Waals surface area contributed by atoms with E-state index >= 15 is 0 Å². The van der Waals surface area contributed by atoms with Gasteiger partial charge >= 0.3 is 0 Å². The first kappa shape index (κ1) is 24.2. The van der Waals surface area contributed by atoms with Gasteiger partial charge in [-0.2, -0.15) is 0 Å². The minimum atomic E-state index is 0.302. The fourth-order valence-corrected chi connectivity index (χ4v) is 5.57. The molecule has 6 nitrogen and oxygen atoms in total. The number of rotatable bonds is 5. The van der Waals surface area contributed by atoms with Crippen molar-refractivity contribution in [2.24, 2.45) is 0 Å². The Morgan fingerprint density at radius 3 is 2.24 bits per heavy atom. The van der Waals surface area contributed by atoms with Gasteiger partial charge in [0.2, 0.25) is 0 Å². The first-order chi connectivity index (χ1) is 18.8. The summed E-state index contributed by atoms with van der Waals surface area (Å²) in [5.74, 6) is 14.6. The lowest BCUT2D eigenvalue weighted by Crippen LogP contribution is -2.14. The molecule has 2 fully saturated rings. The highest BCUT2D eigenvalue weighted by atomic mass is 15.0. The van der Waals surface area contributed by atoms with Gasteiger partial charge in [0, 0.05) is 16.7 Å². The second-order valence-corrected chi connectivity index (χ2v) is 9.90. The number of H-pyrrole nitrogens is 2. The lowest BCUT2D eigenvalue weighted by molar-refractivity contribution is 0.612. The van der Waals surface area contributed by atoms with Crippen molar-refractivity contribution in [2.75, 3.05) is 13.1 Å². The third kappa shape index (κ3) is 5.02. The van der Waals surface area contributed by atoms with E-state index in [0.29, 0.717) is 12.1 Å². The molecule has 2 aliphatic heterocycles. The van der Waals surface area contributed by atoms with Crippen LogP contribution in [0.15, 0.2) is 54.9 Å². The molecule has 4 aromatic rings. The van der Waals surface area contributed by atoms with Gasteiger partial charge in [-0.05, 0) is 80.1 Å².